The molecule has 1 atom stereocenters. The standard InChI is InChI=1S/C59H112O6/c1-4-7-10-13-16-19-22-25-27-29-31-34-37-40-43-46-49-52-58(61)64-55-56(54-63-57(60)51-48-45-42-39-36-33-24-21-18-15-12-9-6-3)65-59(62)53-50-47-44-41-38-35-32-30-28-26-23-20-17-14-11-8-5-2/h25,27,56H,4-24,26,28-55H2,1-3H3/b27-25-/t56-/m1/s1. The molecule has 0 saturated carbocycles. The largest absolute Gasteiger partial charge is 0.462 e. The van der Waals surface area contributed by atoms with Crippen molar-refractivity contribution in [2.75, 3.05) is 13.2 Å². The Kier molecular flexibility index (Phi) is 53.2. The van der Waals surface area contributed by atoms with E-state index in [2.05, 4.69) is 32.9 Å². The van der Waals surface area contributed by atoms with Crippen LogP contribution in [0.1, 0.15) is 329 Å². The van der Waals surface area contributed by atoms with Gasteiger partial charge in [-0.1, -0.05) is 277 Å². The maximum absolute atomic E-state index is 12.9. The summed E-state index contributed by atoms with van der Waals surface area (Å²) in [5.41, 5.74) is 0. The molecule has 6 heteroatoms. The van der Waals surface area contributed by atoms with Gasteiger partial charge in [-0.05, 0) is 44.9 Å². The molecule has 0 heterocycles. The molecule has 0 radical (unpaired) electrons. The molecule has 0 aromatic carbocycles. The maximum atomic E-state index is 12.9. The molecule has 0 aliphatic rings. The van der Waals surface area contributed by atoms with E-state index in [0.717, 1.165) is 57.8 Å². The van der Waals surface area contributed by atoms with E-state index in [-0.39, 0.29) is 31.1 Å². The number of ether oxygens (including phenoxy) is 3. The fourth-order valence-corrected chi connectivity index (χ4v) is 8.85. The zero-order chi connectivity index (χ0) is 47.2. The van der Waals surface area contributed by atoms with Crippen molar-refractivity contribution in [2.24, 2.45) is 0 Å². The van der Waals surface area contributed by atoms with Gasteiger partial charge in [-0.15, -0.1) is 0 Å². The molecular formula is C59H112O6. The van der Waals surface area contributed by atoms with Gasteiger partial charge in [0.15, 0.2) is 6.10 Å². The van der Waals surface area contributed by atoms with Crippen molar-refractivity contribution in [1.82, 2.24) is 0 Å². The van der Waals surface area contributed by atoms with Gasteiger partial charge in [-0.25, -0.2) is 0 Å². The van der Waals surface area contributed by atoms with Crippen molar-refractivity contribution >= 4 is 17.9 Å². The van der Waals surface area contributed by atoms with E-state index in [9.17, 15) is 14.4 Å². The van der Waals surface area contributed by atoms with Crippen molar-refractivity contribution < 1.29 is 28.6 Å². The summed E-state index contributed by atoms with van der Waals surface area (Å²) in [5, 5.41) is 0. The summed E-state index contributed by atoms with van der Waals surface area (Å²) >= 11 is 0. The second-order valence-electron chi connectivity index (χ2n) is 19.9. The minimum absolute atomic E-state index is 0.0652. The number of allylic oxidation sites excluding steroid dienone is 2. The topological polar surface area (TPSA) is 78.9 Å². The monoisotopic (exact) mass is 917 g/mol. The molecule has 0 saturated heterocycles. The molecular weight excluding hydrogens is 805 g/mol. The Morgan fingerprint density at radius 3 is 0.769 bits per heavy atom. The van der Waals surface area contributed by atoms with Gasteiger partial charge in [0, 0.05) is 19.3 Å². The fraction of sp³-hybridized carbons (Fsp3) is 0.915. The molecule has 384 valence electrons. The van der Waals surface area contributed by atoms with E-state index >= 15 is 0 Å². The molecule has 0 N–H and O–H groups in total. The first-order chi connectivity index (χ1) is 32.0. The van der Waals surface area contributed by atoms with Crippen LogP contribution >= 0.6 is 0 Å². The van der Waals surface area contributed by atoms with Crippen molar-refractivity contribution in [3.05, 3.63) is 12.2 Å². The lowest BCUT2D eigenvalue weighted by Crippen LogP contribution is -2.30. The van der Waals surface area contributed by atoms with Gasteiger partial charge in [0.05, 0.1) is 0 Å². The highest BCUT2D eigenvalue weighted by molar-refractivity contribution is 5.71. The van der Waals surface area contributed by atoms with Gasteiger partial charge in [-0.3, -0.25) is 14.4 Å². The third kappa shape index (κ3) is 53.0. The van der Waals surface area contributed by atoms with Crippen LogP contribution in [0.25, 0.3) is 0 Å². The van der Waals surface area contributed by atoms with Gasteiger partial charge in [0.25, 0.3) is 0 Å². The summed E-state index contributed by atoms with van der Waals surface area (Å²) < 4.78 is 16.9. The van der Waals surface area contributed by atoms with Crippen LogP contribution in [0.4, 0.5) is 0 Å². The van der Waals surface area contributed by atoms with Crippen LogP contribution in [0, 0.1) is 0 Å². The molecule has 0 rings (SSSR count). The number of carbonyl (C=O) groups is 3. The highest BCUT2D eigenvalue weighted by Gasteiger charge is 2.19. The summed E-state index contributed by atoms with van der Waals surface area (Å²) in [7, 11) is 0. The number of hydrogen-bond acceptors (Lipinski definition) is 6. The predicted molar refractivity (Wildman–Crippen MR) is 280 cm³/mol. The van der Waals surface area contributed by atoms with E-state index in [1.807, 2.05) is 0 Å². The normalized spacial score (nSPS) is 12.0. The second kappa shape index (κ2) is 54.8. The van der Waals surface area contributed by atoms with Crippen LogP contribution in [-0.2, 0) is 28.6 Å². The number of esters is 3. The zero-order valence-electron chi connectivity index (χ0n) is 44.0. The Hall–Kier alpha value is -1.85. The second-order valence-corrected chi connectivity index (χ2v) is 19.9. The first kappa shape index (κ1) is 63.1. The first-order valence-electron chi connectivity index (χ1n) is 29.2. The molecule has 0 aromatic rings. The van der Waals surface area contributed by atoms with Gasteiger partial charge in [0.1, 0.15) is 13.2 Å². The van der Waals surface area contributed by atoms with Crippen molar-refractivity contribution in [2.45, 2.75) is 335 Å². The minimum atomic E-state index is -0.766. The third-order valence-electron chi connectivity index (χ3n) is 13.3. The Labute approximate surface area is 405 Å². The van der Waals surface area contributed by atoms with Crippen molar-refractivity contribution in [1.29, 1.82) is 0 Å². The Morgan fingerprint density at radius 2 is 0.508 bits per heavy atom. The Morgan fingerprint density at radius 1 is 0.292 bits per heavy atom. The highest BCUT2D eigenvalue weighted by Crippen LogP contribution is 2.17. The molecule has 0 unspecified atom stereocenters. The molecule has 65 heavy (non-hydrogen) atoms. The predicted octanol–water partition coefficient (Wildman–Crippen LogP) is 19.3. The lowest BCUT2D eigenvalue weighted by molar-refractivity contribution is -0.167. The average Bonchev–Trinajstić information content (AvgIpc) is 3.30. The van der Waals surface area contributed by atoms with Gasteiger partial charge in [0.2, 0.25) is 0 Å². The van der Waals surface area contributed by atoms with Crippen LogP contribution in [0.2, 0.25) is 0 Å². The van der Waals surface area contributed by atoms with Gasteiger partial charge >= 0.3 is 17.9 Å². The molecule has 0 aliphatic carbocycles. The summed E-state index contributed by atoms with van der Waals surface area (Å²) in [4.78, 5) is 38.1. The van der Waals surface area contributed by atoms with Gasteiger partial charge in [-0.2, -0.15) is 0 Å². The lowest BCUT2D eigenvalue weighted by Gasteiger charge is -2.18. The molecule has 0 fully saturated rings. The maximum Gasteiger partial charge on any atom is 0.306 e. The number of hydrogen-bond donors (Lipinski definition) is 0. The quantitative estimate of drug-likeness (QED) is 0.0262. The van der Waals surface area contributed by atoms with E-state index in [1.54, 1.807) is 0 Å². The van der Waals surface area contributed by atoms with Crippen LogP contribution < -0.4 is 0 Å². The molecule has 0 amide bonds. The number of rotatable bonds is 54. The molecule has 0 bridgehead atoms. The zero-order valence-corrected chi connectivity index (χ0v) is 44.0. The summed E-state index contributed by atoms with van der Waals surface area (Å²) in [6.45, 7) is 6.69. The molecule has 6 nitrogen and oxygen atoms in total. The molecule has 0 spiro atoms. The fourth-order valence-electron chi connectivity index (χ4n) is 8.85. The van der Waals surface area contributed by atoms with Crippen molar-refractivity contribution in [3.63, 3.8) is 0 Å². The van der Waals surface area contributed by atoms with Gasteiger partial charge < -0.3 is 14.2 Å². The Bertz CT molecular complexity index is 1010. The first-order valence-corrected chi connectivity index (χ1v) is 29.2. The highest BCUT2D eigenvalue weighted by atomic mass is 16.6. The third-order valence-corrected chi connectivity index (χ3v) is 13.3. The molecule has 0 aliphatic heterocycles. The minimum Gasteiger partial charge on any atom is -0.462 e. The Balaban J connectivity index is 4.31. The molecule has 0 aromatic heterocycles. The van der Waals surface area contributed by atoms with Crippen LogP contribution in [0.5, 0.6) is 0 Å². The average molecular weight is 918 g/mol. The van der Waals surface area contributed by atoms with E-state index < -0.39 is 6.10 Å². The number of carbonyl (C=O) groups excluding carboxylic acids is 3. The summed E-state index contributed by atoms with van der Waals surface area (Å²) in [6, 6.07) is 0. The van der Waals surface area contributed by atoms with E-state index in [4.69, 9.17) is 14.2 Å². The SMILES string of the molecule is CCCCCCCC/C=C\CCCCCCCCCC(=O)OC[C@@H](COC(=O)CCCCCCCCCCCCCCC)OC(=O)CCCCCCCCCCCCCCCCCCC. The van der Waals surface area contributed by atoms with Crippen molar-refractivity contribution in [3.8, 4) is 0 Å². The van der Waals surface area contributed by atoms with E-state index in [1.165, 1.54) is 231 Å². The number of unbranched alkanes of at least 4 members (excludes halogenated alkanes) is 41. The van der Waals surface area contributed by atoms with Crippen LogP contribution in [-0.4, -0.2) is 37.2 Å². The lowest BCUT2D eigenvalue weighted by atomic mass is 10.0. The summed E-state index contributed by atoms with van der Waals surface area (Å²) in [5.74, 6) is -0.845. The smallest absolute Gasteiger partial charge is 0.306 e. The summed E-state index contributed by atoms with van der Waals surface area (Å²) in [6.07, 6.45) is 62.0. The van der Waals surface area contributed by atoms with E-state index in [0.29, 0.717) is 19.3 Å². The van der Waals surface area contributed by atoms with Crippen LogP contribution in [0.15, 0.2) is 12.2 Å². The van der Waals surface area contributed by atoms with Crippen LogP contribution in [0.3, 0.4) is 0 Å².